The fourth-order valence-electron chi connectivity index (χ4n) is 0. The van der Waals surface area contributed by atoms with E-state index in [1.54, 1.807) is 0 Å². The van der Waals surface area contributed by atoms with E-state index in [1.807, 2.05) is 0 Å². The molecule has 0 heteroatoms. The average Bonchev–Trinajstić information content (AvgIpc) is 2.08. The SMILES string of the molecule is CC(C)(C)C.CC(C)(C)C.CC(C)(C)C(C)(C)C.CCC(C)(C)C. The number of hydrogen-bond acceptors (Lipinski definition) is 0. The summed E-state index contributed by atoms with van der Waals surface area (Å²) in [6.45, 7) is 40.1. The average molecular weight is 345 g/mol. The first-order valence-electron chi connectivity index (χ1n) is 9.81. The Hall–Kier alpha value is 0. The van der Waals surface area contributed by atoms with Crippen molar-refractivity contribution in [2.75, 3.05) is 0 Å². The second-order valence-electron chi connectivity index (χ2n) is 13.4. The van der Waals surface area contributed by atoms with Crippen LogP contribution in [0.5, 0.6) is 0 Å². The van der Waals surface area contributed by atoms with E-state index < -0.39 is 0 Å². The minimum Gasteiger partial charge on any atom is -0.0649 e. The summed E-state index contributed by atoms with van der Waals surface area (Å²) in [5, 5.41) is 0. The predicted octanol–water partition coefficient (Wildman–Crippen LogP) is 9.63. The molecular weight excluding hydrogens is 288 g/mol. The van der Waals surface area contributed by atoms with Crippen molar-refractivity contribution < 1.29 is 0 Å². The van der Waals surface area contributed by atoms with Crippen molar-refractivity contribution >= 4 is 0 Å². The van der Waals surface area contributed by atoms with Crippen molar-refractivity contribution in [1.29, 1.82) is 0 Å². The summed E-state index contributed by atoms with van der Waals surface area (Å²) < 4.78 is 0. The van der Waals surface area contributed by atoms with E-state index in [4.69, 9.17) is 0 Å². The molecule has 0 fully saturated rings. The molecule has 152 valence electrons. The minimum absolute atomic E-state index is 0.437. The lowest BCUT2D eigenvalue weighted by atomic mass is 9.71. The van der Waals surface area contributed by atoms with E-state index in [2.05, 4.69) is 125 Å². The summed E-state index contributed by atoms with van der Waals surface area (Å²) in [6.07, 6.45) is 1.27. The van der Waals surface area contributed by atoms with Crippen molar-refractivity contribution in [3.05, 3.63) is 0 Å². The van der Waals surface area contributed by atoms with Gasteiger partial charge in [0.25, 0.3) is 0 Å². The number of rotatable bonds is 0. The molecule has 0 saturated carbocycles. The van der Waals surface area contributed by atoms with Crippen LogP contribution in [0.1, 0.15) is 131 Å². The molecule has 24 heavy (non-hydrogen) atoms. The zero-order valence-corrected chi connectivity index (χ0v) is 21.2. The smallest absolute Gasteiger partial charge is 0.0334 e. The van der Waals surface area contributed by atoms with E-state index in [1.165, 1.54) is 6.42 Å². The van der Waals surface area contributed by atoms with Crippen LogP contribution in [-0.4, -0.2) is 0 Å². The van der Waals surface area contributed by atoms with Gasteiger partial charge in [-0.2, -0.15) is 0 Å². The lowest BCUT2D eigenvalue weighted by molar-refractivity contribution is 0.157. The summed E-state index contributed by atoms with van der Waals surface area (Å²) >= 11 is 0. The predicted molar refractivity (Wildman–Crippen MR) is 119 cm³/mol. The molecule has 0 aliphatic heterocycles. The molecule has 0 aliphatic rings. The molecule has 0 saturated heterocycles. The molecular formula is C24H56. The molecule has 0 aromatic carbocycles. The highest BCUT2D eigenvalue weighted by Gasteiger charge is 2.26. The maximum Gasteiger partial charge on any atom is -0.0334 e. The van der Waals surface area contributed by atoms with Gasteiger partial charge in [0.2, 0.25) is 0 Å². The standard InChI is InChI=1S/C8H18.C6H14.2C5H12/c1-7(2,3)8(4,5)6;1-5-6(2,3)4;2*1-5(2,3)4/h1-6H3;5H2,1-4H3;2*1-4H3. The van der Waals surface area contributed by atoms with E-state index >= 15 is 0 Å². The van der Waals surface area contributed by atoms with Crippen LogP contribution in [-0.2, 0) is 0 Å². The van der Waals surface area contributed by atoms with E-state index in [-0.39, 0.29) is 0 Å². The largest absolute Gasteiger partial charge is 0.0649 e. The van der Waals surface area contributed by atoms with Crippen LogP contribution in [0.15, 0.2) is 0 Å². The van der Waals surface area contributed by atoms with Crippen LogP contribution >= 0.6 is 0 Å². The van der Waals surface area contributed by atoms with Gasteiger partial charge in [-0.25, -0.2) is 0 Å². The lowest BCUT2D eigenvalue weighted by Gasteiger charge is -2.34. The molecule has 0 heterocycles. The van der Waals surface area contributed by atoms with Gasteiger partial charge >= 0.3 is 0 Å². The molecule has 0 amide bonds. The second-order valence-corrected chi connectivity index (χ2v) is 13.4. The third kappa shape index (κ3) is 67.4. The number of hydrogen-bond donors (Lipinski definition) is 0. The Bertz CT molecular complexity index is 224. The van der Waals surface area contributed by atoms with Crippen LogP contribution in [0.3, 0.4) is 0 Å². The van der Waals surface area contributed by atoms with Gasteiger partial charge < -0.3 is 0 Å². The van der Waals surface area contributed by atoms with Crippen LogP contribution in [0.4, 0.5) is 0 Å². The first kappa shape index (κ1) is 31.7. The summed E-state index contributed by atoms with van der Waals surface area (Å²) in [5.74, 6) is 0. The Morgan fingerprint density at radius 2 is 0.458 bits per heavy atom. The van der Waals surface area contributed by atoms with Crippen LogP contribution < -0.4 is 0 Å². The molecule has 0 radical (unpaired) electrons. The first-order chi connectivity index (χ1) is 9.81. The van der Waals surface area contributed by atoms with Gasteiger partial charge in [0.1, 0.15) is 0 Å². The van der Waals surface area contributed by atoms with E-state index in [0.717, 1.165) is 0 Å². The van der Waals surface area contributed by atoms with Crippen LogP contribution in [0.25, 0.3) is 0 Å². The summed E-state index contributed by atoms with van der Waals surface area (Å²) in [4.78, 5) is 0. The molecule has 0 aromatic heterocycles. The molecule has 0 bridgehead atoms. The quantitative estimate of drug-likeness (QED) is 0.410. The summed E-state index contributed by atoms with van der Waals surface area (Å²) in [5.41, 5.74) is 2.42. The van der Waals surface area contributed by atoms with Gasteiger partial charge in [-0.15, -0.1) is 0 Å². The van der Waals surface area contributed by atoms with Crippen LogP contribution in [0.2, 0.25) is 0 Å². The normalized spacial score (nSPS) is 12.8. The highest BCUT2D eigenvalue weighted by Crippen LogP contribution is 2.36. The van der Waals surface area contributed by atoms with Crippen molar-refractivity contribution in [3.63, 3.8) is 0 Å². The maximum absolute atomic E-state index is 2.27. The monoisotopic (exact) mass is 344 g/mol. The van der Waals surface area contributed by atoms with Crippen molar-refractivity contribution in [2.45, 2.75) is 131 Å². The van der Waals surface area contributed by atoms with Gasteiger partial charge in [0, 0.05) is 0 Å². The van der Waals surface area contributed by atoms with Gasteiger partial charge in [-0.3, -0.25) is 0 Å². The maximum atomic E-state index is 2.27. The highest BCUT2D eigenvalue weighted by atomic mass is 14.3. The van der Waals surface area contributed by atoms with Crippen molar-refractivity contribution in [3.8, 4) is 0 Å². The first-order valence-corrected chi connectivity index (χ1v) is 9.81. The Labute approximate surface area is 158 Å². The second kappa shape index (κ2) is 11.6. The topological polar surface area (TPSA) is 0 Å². The third-order valence-electron chi connectivity index (χ3n) is 3.31. The molecule has 0 aliphatic carbocycles. The molecule has 0 N–H and O–H groups in total. The summed E-state index contributed by atoms with van der Waals surface area (Å²) in [6, 6.07) is 0. The molecule has 0 rings (SSSR count). The fraction of sp³-hybridized carbons (Fsp3) is 1.00. The Morgan fingerprint density at radius 3 is 0.458 bits per heavy atom. The van der Waals surface area contributed by atoms with Crippen LogP contribution in [0, 0.1) is 27.1 Å². The molecule has 0 spiro atoms. The van der Waals surface area contributed by atoms with Crippen molar-refractivity contribution in [1.82, 2.24) is 0 Å². The Kier molecular flexibility index (Phi) is 15.3. The molecule has 0 nitrogen and oxygen atoms in total. The van der Waals surface area contributed by atoms with Crippen molar-refractivity contribution in [2.24, 2.45) is 27.1 Å². The van der Waals surface area contributed by atoms with Gasteiger partial charge in [-0.1, -0.05) is 131 Å². The van der Waals surface area contributed by atoms with Gasteiger partial charge in [-0.05, 0) is 27.1 Å². The minimum atomic E-state index is 0.437. The van der Waals surface area contributed by atoms with E-state index in [0.29, 0.717) is 27.1 Å². The Balaban J connectivity index is -0.000000114. The fourth-order valence-corrected chi connectivity index (χ4v) is 0. The van der Waals surface area contributed by atoms with Gasteiger partial charge in [0.05, 0.1) is 0 Å². The molecule has 0 aromatic rings. The van der Waals surface area contributed by atoms with E-state index in [9.17, 15) is 0 Å². The lowest BCUT2D eigenvalue weighted by Crippen LogP contribution is -2.25. The third-order valence-corrected chi connectivity index (χ3v) is 3.31. The zero-order valence-electron chi connectivity index (χ0n) is 21.2. The zero-order chi connectivity index (χ0) is 21.2. The molecule has 0 unspecified atom stereocenters. The molecule has 0 atom stereocenters. The highest BCUT2D eigenvalue weighted by molar-refractivity contribution is 4.77. The summed E-state index contributed by atoms with van der Waals surface area (Å²) in [7, 11) is 0. The van der Waals surface area contributed by atoms with Gasteiger partial charge in [0.15, 0.2) is 0 Å². The Morgan fingerprint density at radius 1 is 0.375 bits per heavy atom.